The molecule has 2 aromatic rings. The number of anilines is 1. The zero-order valence-electron chi connectivity index (χ0n) is 13.9. The molecule has 0 radical (unpaired) electrons. The second-order valence-electron chi connectivity index (χ2n) is 5.91. The number of carbonyl (C=O) groups excluding carboxylic acids is 1. The van der Waals surface area contributed by atoms with E-state index in [1.807, 2.05) is 26.0 Å². The van der Waals surface area contributed by atoms with Crippen molar-refractivity contribution in [2.24, 2.45) is 0 Å². The third-order valence-corrected chi connectivity index (χ3v) is 4.03. The van der Waals surface area contributed by atoms with Crippen molar-refractivity contribution < 1.29 is 9.53 Å². The first-order valence-electron chi connectivity index (χ1n) is 8.03. The Balaban J connectivity index is 1.61. The molecule has 128 valence electrons. The van der Waals surface area contributed by atoms with Crippen molar-refractivity contribution in [1.82, 2.24) is 25.1 Å². The molecule has 0 aliphatic carbocycles. The summed E-state index contributed by atoms with van der Waals surface area (Å²) in [6.07, 6.45) is 4.16. The molecule has 1 fully saturated rings. The molecule has 1 aliphatic heterocycles. The largest absolute Gasteiger partial charge is 0.379 e. The highest BCUT2D eigenvalue weighted by Gasteiger charge is 2.27. The Bertz CT molecular complexity index is 701. The van der Waals surface area contributed by atoms with Gasteiger partial charge in [0, 0.05) is 24.7 Å². The predicted molar refractivity (Wildman–Crippen MR) is 88.5 cm³/mol. The number of aromatic nitrogens is 4. The zero-order chi connectivity index (χ0) is 16.9. The second-order valence-corrected chi connectivity index (χ2v) is 5.91. The molecule has 2 N–H and O–H groups in total. The van der Waals surface area contributed by atoms with Crippen LogP contribution in [0.25, 0.3) is 0 Å². The van der Waals surface area contributed by atoms with Gasteiger partial charge >= 0.3 is 0 Å². The van der Waals surface area contributed by atoms with Crippen LogP contribution in [0.15, 0.2) is 24.5 Å². The van der Waals surface area contributed by atoms with Gasteiger partial charge in [0.1, 0.15) is 18.2 Å². The fourth-order valence-corrected chi connectivity index (χ4v) is 2.73. The molecule has 2 aromatic heterocycles. The molecule has 0 bridgehead atoms. The van der Waals surface area contributed by atoms with Crippen molar-refractivity contribution >= 4 is 11.7 Å². The molecule has 3 rings (SSSR count). The van der Waals surface area contributed by atoms with Crippen molar-refractivity contribution in [2.75, 3.05) is 18.5 Å². The second kappa shape index (κ2) is 7.39. The van der Waals surface area contributed by atoms with E-state index in [-0.39, 0.29) is 24.5 Å². The van der Waals surface area contributed by atoms with Gasteiger partial charge in [-0.3, -0.25) is 9.48 Å². The molecule has 1 aliphatic rings. The molecule has 0 spiro atoms. The summed E-state index contributed by atoms with van der Waals surface area (Å²) < 4.78 is 7.23. The maximum absolute atomic E-state index is 12.3. The maximum atomic E-state index is 12.3. The molecule has 1 amide bonds. The van der Waals surface area contributed by atoms with E-state index in [1.165, 1.54) is 0 Å². The van der Waals surface area contributed by atoms with Crippen LogP contribution in [0.4, 0.5) is 5.82 Å². The lowest BCUT2D eigenvalue weighted by molar-refractivity contribution is -0.123. The standard InChI is InChI=1S/C16H22N6O2/c1-11-3-7-18-22(11)9-16(23)21-13-5-8-24-10-14(13)20-15-4-6-17-12(2)19-15/h3-4,6-7,13-14H,5,8-10H2,1-2H3,(H,21,23)(H,17,19,20)/t13-,14+/m0/s1. The van der Waals surface area contributed by atoms with E-state index in [1.54, 1.807) is 17.1 Å². The summed E-state index contributed by atoms with van der Waals surface area (Å²) in [5.41, 5.74) is 0.961. The van der Waals surface area contributed by atoms with E-state index in [4.69, 9.17) is 4.74 Å². The molecule has 2 atom stereocenters. The van der Waals surface area contributed by atoms with E-state index in [9.17, 15) is 4.79 Å². The number of amides is 1. The fraction of sp³-hybridized carbons (Fsp3) is 0.500. The highest BCUT2D eigenvalue weighted by atomic mass is 16.5. The monoisotopic (exact) mass is 330 g/mol. The third-order valence-electron chi connectivity index (χ3n) is 4.03. The molecule has 8 heteroatoms. The number of aryl methyl sites for hydroxylation is 2. The van der Waals surface area contributed by atoms with Crippen molar-refractivity contribution in [3.8, 4) is 0 Å². The molecule has 0 saturated carbocycles. The Kier molecular flexibility index (Phi) is 5.05. The van der Waals surface area contributed by atoms with E-state index >= 15 is 0 Å². The Hall–Kier alpha value is -2.48. The fourth-order valence-electron chi connectivity index (χ4n) is 2.73. The average molecular weight is 330 g/mol. The predicted octanol–water partition coefficient (Wildman–Crippen LogP) is 0.676. The maximum Gasteiger partial charge on any atom is 0.242 e. The summed E-state index contributed by atoms with van der Waals surface area (Å²) in [4.78, 5) is 20.8. The van der Waals surface area contributed by atoms with Gasteiger partial charge in [-0.05, 0) is 32.4 Å². The highest BCUT2D eigenvalue weighted by Crippen LogP contribution is 2.13. The summed E-state index contributed by atoms with van der Waals surface area (Å²) in [5.74, 6) is 1.38. The minimum absolute atomic E-state index is 0.0163. The summed E-state index contributed by atoms with van der Waals surface area (Å²) >= 11 is 0. The van der Waals surface area contributed by atoms with Gasteiger partial charge in [-0.15, -0.1) is 0 Å². The van der Waals surface area contributed by atoms with Crippen molar-refractivity contribution in [2.45, 2.75) is 38.9 Å². The normalized spacial score (nSPS) is 20.6. The van der Waals surface area contributed by atoms with Gasteiger partial charge in [-0.2, -0.15) is 5.10 Å². The minimum Gasteiger partial charge on any atom is -0.379 e. The number of nitrogens with zero attached hydrogens (tertiary/aromatic N) is 4. The zero-order valence-corrected chi connectivity index (χ0v) is 13.9. The molecule has 8 nitrogen and oxygen atoms in total. The Labute approximate surface area is 140 Å². The number of hydrogen-bond donors (Lipinski definition) is 2. The van der Waals surface area contributed by atoms with Crippen molar-refractivity contribution in [3.63, 3.8) is 0 Å². The summed E-state index contributed by atoms with van der Waals surface area (Å²) in [5, 5.41) is 10.6. The van der Waals surface area contributed by atoms with Gasteiger partial charge in [-0.25, -0.2) is 9.97 Å². The number of rotatable bonds is 5. The summed E-state index contributed by atoms with van der Waals surface area (Å²) in [6.45, 7) is 5.14. The third kappa shape index (κ3) is 4.08. The van der Waals surface area contributed by atoms with Crippen LogP contribution in [0.3, 0.4) is 0 Å². The van der Waals surface area contributed by atoms with Gasteiger partial charge in [0.25, 0.3) is 0 Å². The molecular weight excluding hydrogens is 308 g/mol. The number of nitrogens with one attached hydrogen (secondary N) is 2. The Morgan fingerprint density at radius 3 is 2.96 bits per heavy atom. The van der Waals surface area contributed by atoms with Crippen LogP contribution in [0.1, 0.15) is 17.9 Å². The van der Waals surface area contributed by atoms with Crippen LogP contribution < -0.4 is 10.6 Å². The molecule has 0 unspecified atom stereocenters. The van der Waals surface area contributed by atoms with E-state index in [0.29, 0.717) is 19.0 Å². The molecule has 0 aromatic carbocycles. The van der Waals surface area contributed by atoms with E-state index in [0.717, 1.165) is 17.9 Å². The molecule has 24 heavy (non-hydrogen) atoms. The first-order valence-corrected chi connectivity index (χ1v) is 8.03. The Morgan fingerprint density at radius 1 is 1.33 bits per heavy atom. The lowest BCUT2D eigenvalue weighted by Gasteiger charge is -2.33. The van der Waals surface area contributed by atoms with Crippen LogP contribution >= 0.6 is 0 Å². The van der Waals surface area contributed by atoms with Gasteiger partial charge in [0.05, 0.1) is 18.7 Å². The lowest BCUT2D eigenvalue weighted by Crippen LogP contribution is -2.53. The van der Waals surface area contributed by atoms with Gasteiger partial charge < -0.3 is 15.4 Å². The SMILES string of the molecule is Cc1nccc(N[C@@H]2COCC[C@@H]2NC(=O)Cn2nccc2C)n1. The van der Waals surface area contributed by atoms with Crippen molar-refractivity contribution in [1.29, 1.82) is 0 Å². The van der Waals surface area contributed by atoms with E-state index < -0.39 is 0 Å². The van der Waals surface area contributed by atoms with E-state index in [2.05, 4.69) is 25.7 Å². The van der Waals surface area contributed by atoms with Gasteiger partial charge in [0.15, 0.2) is 0 Å². The minimum atomic E-state index is -0.0561. The van der Waals surface area contributed by atoms with Gasteiger partial charge in [-0.1, -0.05) is 0 Å². The van der Waals surface area contributed by atoms with Crippen LogP contribution in [-0.4, -0.2) is 51.0 Å². The number of carbonyl (C=O) groups is 1. The van der Waals surface area contributed by atoms with Crippen LogP contribution in [0.2, 0.25) is 0 Å². The van der Waals surface area contributed by atoms with Crippen molar-refractivity contribution in [3.05, 3.63) is 36.0 Å². The Morgan fingerprint density at radius 2 is 2.21 bits per heavy atom. The lowest BCUT2D eigenvalue weighted by atomic mass is 10.0. The quantitative estimate of drug-likeness (QED) is 0.837. The first-order chi connectivity index (χ1) is 11.6. The topological polar surface area (TPSA) is 94.0 Å². The molecular formula is C16H22N6O2. The highest BCUT2D eigenvalue weighted by molar-refractivity contribution is 5.76. The van der Waals surface area contributed by atoms with Crippen LogP contribution in [-0.2, 0) is 16.1 Å². The summed E-state index contributed by atoms with van der Waals surface area (Å²) in [7, 11) is 0. The molecule has 3 heterocycles. The summed E-state index contributed by atoms with van der Waals surface area (Å²) in [6, 6.07) is 3.64. The number of hydrogen-bond acceptors (Lipinski definition) is 6. The number of ether oxygens (including phenoxy) is 1. The van der Waals surface area contributed by atoms with Crippen LogP contribution in [0, 0.1) is 13.8 Å². The smallest absolute Gasteiger partial charge is 0.242 e. The molecule has 1 saturated heterocycles. The average Bonchev–Trinajstić information content (AvgIpc) is 2.94. The first kappa shape index (κ1) is 16.4. The van der Waals surface area contributed by atoms with Gasteiger partial charge in [0.2, 0.25) is 5.91 Å². The van der Waals surface area contributed by atoms with Crippen LogP contribution in [0.5, 0.6) is 0 Å².